The second-order valence-electron chi connectivity index (χ2n) is 6.69. The van der Waals surface area contributed by atoms with E-state index < -0.39 is 21.7 Å². The molecule has 0 radical (unpaired) electrons. The number of rotatable bonds is 10. The number of hydrogen-bond donors (Lipinski definition) is 3. The first-order valence-corrected chi connectivity index (χ1v) is 11.6. The van der Waals surface area contributed by atoms with Gasteiger partial charge in [-0.2, -0.15) is 8.42 Å². The first kappa shape index (κ1) is 21.9. The number of carboxylic acids is 1. The zero-order valence-corrected chi connectivity index (χ0v) is 17.5. The highest BCUT2D eigenvalue weighted by Crippen LogP contribution is 2.26. The molecule has 2 heterocycles. The van der Waals surface area contributed by atoms with Crippen LogP contribution < -0.4 is 10.9 Å². The summed E-state index contributed by atoms with van der Waals surface area (Å²) in [5, 5.41) is 14.8. The molecular weight excluding hydrogens is 432 g/mol. The average molecular weight is 453 g/mol. The van der Waals surface area contributed by atoms with Crippen molar-refractivity contribution in [2.45, 2.75) is 25.7 Å². The van der Waals surface area contributed by atoms with Crippen molar-refractivity contribution in [2.24, 2.45) is 0 Å². The summed E-state index contributed by atoms with van der Waals surface area (Å²) in [7, 11) is -3.91. The molecule has 11 heteroatoms. The van der Waals surface area contributed by atoms with E-state index in [0.29, 0.717) is 41.1 Å². The van der Waals surface area contributed by atoms with Crippen LogP contribution in [0.2, 0.25) is 0 Å². The van der Waals surface area contributed by atoms with Crippen molar-refractivity contribution in [3.05, 3.63) is 45.8 Å². The highest BCUT2D eigenvalue weighted by atomic mass is 32.2. The van der Waals surface area contributed by atoms with Gasteiger partial charge in [0.25, 0.3) is 10.1 Å². The molecule has 0 saturated carbocycles. The first-order chi connectivity index (χ1) is 14.2. The number of carboxylic acid groups (broad SMARTS) is 1. The number of hydrogen-bond acceptors (Lipinski definition) is 8. The van der Waals surface area contributed by atoms with Gasteiger partial charge in [-0.3, -0.25) is 9.35 Å². The predicted molar refractivity (Wildman–Crippen MR) is 114 cm³/mol. The molecule has 0 bridgehead atoms. The molecule has 3 N–H and O–H groups in total. The number of benzene rings is 1. The summed E-state index contributed by atoms with van der Waals surface area (Å²) in [6.45, 7) is 0.602. The monoisotopic (exact) mass is 452 g/mol. The molecule has 0 spiro atoms. The van der Waals surface area contributed by atoms with Gasteiger partial charge in [-0.15, -0.1) is 11.3 Å². The van der Waals surface area contributed by atoms with E-state index in [1.807, 2.05) is 6.07 Å². The Morgan fingerprint density at radius 2 is 2.00 bits per heavy atom. The summed E-state index contributed by atoms with van der Waals surface area (Å²) >= 11 is 1.19. The maximum atomic E-state index is 12.4. The highest BCUT2D eigenvalue weighted by molar-refractivity contribution is 7.85. The number of aliphatic carboxylic acids is 1. The number of unbranched alkanes of at least 4 members (excludes halogenated alkanes) is 2. The van der Waals surface area contributed by atoms with Crippen molar-refractivity contribution in [3.63, 3.8) is 0 Å². The molecule has 30 heavy (non-hydrogen) atoms. The summed E-state index contributed by atoms with van der Waals surface area (Å²) < 4.78 is 35.5. The smallest absolute Gasteiger partial charge is 0.346 e. The first-order valence-electron chi connectivity index (χ1n) is 9.15. The van der Waals surface area contributed by atoms with Crippen LogP contribution in [-0.4, -0.2) is 41.3 Å². The standard InChI is InChI=1S/C19H20N2O7S2/c22-17(23)10-14-11-29-18(21-14)15-8-12-4-5-13(9-16(12)28-19(15)24)20-6-2-1-3-7-30(25,26)27/h4-5,8-9,11,20H,1-3,6-7,10H2,(H,22,23)(H,25,26,27). The fourth-order valence-electron chi connectivity index (χ4n) is 2.86. The zero-order chi connectivity index (χ0) is 21.7. The number of carbonyl (C=O) groups is 1. The quantitative estimate of drug-likeness (QED) is 0.240. The summed E-state index contributed by atoms with van der Waals surface area (Å²) in [5.74, 6) is -1.23. The van der Waals surface area contributed by atoms with E-state index in [1.54, 1.807) is 23.6 Å². The van der Waals surface area contributed by atoms with Crippen molar-refractivity contribution in [3.8, 4) is 10.6 Å². The van der Waals surface area contributed by atoms with Crippen molar-refractivity contribution in [2.75, 3.05) is 17.6 Å². The van der Waals surface area contributed by atoms with E-state index in [1.165, 1.54) is 11.3 Å². The Labute approximate surface area is 176 Å². The van der Waals surface area contributed by atoms with Crippen molar-refractivity contribution >= 4 is 44.1 Å². The lowest BCUT2D eigenvalue weighted by Gasteiger charge is -2.07. The second kappa shape index (κ2) is 9.37. The zero-order valence-electron chi connectivity index (χ0n) is 15.8. The van der Waals surface area contributed by atoms with Gasteiger partial charge in [0.05, 0.1) is 23.4 Å². The van der Waals surface area contributed by atoms with E-state index in [9.17, 15) is 18.0 Å². The van der Waals surface area contributed by atoms with E-state index in [-0.39, 0.29) is 17.7 Å². The van der Waals surface area contributed by atoms with Gasteiger partial charge in [0.2, 0.25) is 0 Å². The van der Waals surface area contributed by atoms with Gasteiger partial charge in [-0.25, -0.2) is 9.78 Å². The number of anilines is 1. The summed E-state index contributed by atoms with van der Waals surface area (Å²) in [4.78, 5) is 27.4. The molecule has 0 atom stereocenters. The molecule has 0 amide bonds. The molecule has 0 aliphatic rings. The molecule has 0 saturated heterocycles. The van der Waals surface area contributed by atoms with Crippen LogP contribution in [0.15, 0.2) is 38.9 Å². The Morgan fingerprint density at radius 1 is 1.20 bits per heavy atom. The van der Waals surface area contributed by atoms with Gasteiger partial charge in [-0.05, 0) is 31.0 Å². The minimum Gasteiger partial charge on any atom is -0.481 e. The normalized spacial score (nSPS) is 11.6. The van der Waals surface area contributed by atoms with Crippen LogP contribution in [0.25, 0.3) is 21.5 Å². The van der Waals surface area contributed by atoms with E-state index in [0.717, 1.165) is 12.1 Å². The Hall–Kier alpha value is -2.76. The van der Waals surface area contributed by atoms with Crippen LogP contribution in [0.4, 0.5) is 5.69 Å². The predicted octanol–water partition coefficient (Wildman–Crippen LogP) is 3.01. The van der Waals surface area contributed by atoms with E-state index in [2.05, 4.69) is 10.3 Å². The van der Waals surface area contributed by atoms with Crippen LogP contribution in [-0.2, 0) is 21.3 Å². The SMILES string of the molecule is O=C(O)Cc1csc(-c2cc3ccc(NCCCCCS(=O)(=O)O)cc3oc2=O)n1. The fraction of sp³-hybridized carbons (Fsp3) is 0.316. The third-order valence-electron chi connectivity index (χ3n) is 4.26. The molecule has 9 nitrogen and oxygen atoms in total. The van der Waals surface area contributed by atoms with Gasteiger partial charge < -0.3 is 14.8 Å². The Kier molecular flexibility index (Phi) is 6.85. The van der Waals surface area contributed by atoms with Crippen molar-refractivity contribution in [1.29, 1.82) is 0 Å². The van der Waals surface area contributed by atoms with Gasteiger partial charge in [-0.1, -0.05) is 6.42 Å². The molecule has 0 fully saturated rings. The van der Waals surface area contributed by atoms with Crippen LogP contribution in [0.1, 0.15) is 25.0 Å². The van der Waals surface area contributed by atoms with E-state index >= 15 is 0 Å². The summed E-state index contributed by atoms with van der Waals surface area (Å²) in [6, 6.07) is 7.01. The molecule has 2 aromatic heterocycles. The minimum atomic E-state index is -3.91. The van der Waals surface area contributed by atoms with Gasteiger partial charge >= 0.3 is 11.6 Å². The molecule has 3 aromatic rings. The Morgan fingerprint density at radius 3 is 2.73 bits per heavy atom. The lowest BCUT2D eigenvalue weighted by atomic mass is 10.1. The molecule has 0 unspecified atom stereocenters. The third-order valence-corrected chi connectivity index (χ3v) is 5.99. The molecule has 0 aliphatic carbocycles. The lowest BCUT2D eigenvalue weighted by molar-refractivity contribution is -0.136. The van der Waals surface area contributed by atoms with E-state index in [4.69, 9.17) is 14.1 Å². The highest BCUT2D eigenvalue weighted by Gasteiger charge is 2.13. The molecule has 160 valence electrons. The summed E-state index contributed by atoms with van der Waals surface area (Å²) in [6.07, 6.45) is 1.55. The topological polar surface area (TPSA) is 147 Å². The van der Waals surface area contributed by atoms with Gasteiger partial charge in [0, 0.05) is 29.1 Å². The number of nitrogens with zero attached hydrogens (tertiary/aromatic N) is 1. The Balaban J connectivity index is 1.66. The van der Waals surface area contributed by atoms with Gasteiger partial charge in [0.15, 0.2) is 0 Å². The van der Waals surface area contributed by atoms with Crippen LogP contribution in [0.5, 0.6) is 0 Å². The second-order valence-corrected chi connectivity index (χ2v) is 9.12. The molecular formula is C19H20N2O7S2. The number of thiazole rings is 1. The third kappa shape index (κ3) is 6.12. The Bertz CT molecular complexity index is 1220. The molecule has 0 aliphatic heterocycles. The summed E-state index contributed by atoms with van der Waals surface area (Å²) in [5.41, 5.74) is 1.27. The van der Waals surface area contributed by atoms with Crippen LogP contribution >= 0.6 is 11.3 Å². The van der Waals surface area contributed by atoms with Crippen LogP contribution in [0.3, 0.4) is 0 Å². The molecule has 1 aromatic carbocycles. The number of aromatic nitrogens is 1. The number of fused-ring (bicyclic) bond motifs is 1. The maximum absolute atomic E-state index is 12.4. The minimum absolute atomic E-state index is 0.208. The van der Waals surface area contributed by atoms with Crippen molar-refractivity contribution in [1.82, 2.24) is 4.98 Å². The number of nitrogens with one attached hydrogen (secondary N) is 1. The lowest BCUT2D eigenvalue weighted by Crippen LogP contribution is -2.06. The largest absolute Gasteiger partial charge is 0.481 e. The average Bonchev–Trinajstić information content (AvgIpc) is 3.10. The maximum Gasteiger partial charge on any atom is 0.346 e. The van der Waals surface area contributed by atoms with Crippen LogP contribution in [0, 0.1) is 0 Å². The molecule has 3 rings (SSSR count). The van der Waals surface area contributed by atoms with Crippen molar-refractivity contribution < 1.29 is 27.3 Å². The van der Waals surface area contributed by atoms with Gasteiger partial charge in [0.1, 0.15) is 10.6 Å². The fourth-order valence-corrected chi connectivity index (χ4v) is 4.25.